The van der Waals surface area contributed by atoms with E-state index in [0.717, 1.165) is 0 Å². The molecule has 0 bridgehead atoms. The molecule has 0 radical (unpaired) electrons. The zero-order valence-corrected chi connectivity index (χ0v) is 11.1. The second-order valence-electron chi connectivity index (χ2n) is 5.80. The number of amides is 1. The van der Waals surface area contributed by atoms with Crippen LogP contribution in [0.3, 0.4) is 0 Å². The third-order valence-corrected chi connectivity index (χ3v) is 2.93. The lowest BCUT2D eigenvalue weighted by atomic mass is 9.90. The van der Waals surface area contributed by atoms with Gasteiger partial charge in [-0.2, -0.15) is 0 Å². The number of nitrogens with zero attached hydrogens (tertiary/aromatic N) is 1. The lowest BCUT2D eigenvalue weighted by molar-refractivity contribution is -0.172. The minimum atomic E-state index is -1.38. The predicted octanol–water partition coefficient (Wildman–Crippen LogP) is 1.12. The van der Waals surface area contributed by atoms with Crippen LogP contribution in [0.15, 0.2) is 0 Å². The monoisotopic (exact) mass is 243 g/mol. The van der Waals surface area contributed by atoms with Crippen molar-refractivity contribution in [1.82, 2.24) is 4.90 Å². The topological polar surface area (TPSA) is 66.8 Å². The number of hydrogen-bond acceptors (Lipinski definition) is 3. The van der Waals surface area contributed by atoms with Gasteiger partial charge in [-0.3, -0.25) is 9.59 Å². The van der Waals surface area contributed by atoms with Gasteiger partial charge in [-0.15, -0.1) is 0 Å². The van der Waals surface area contributed by atoms with E-state index >= 15 is 0 Å². The Labute approximate surface area is 102 Å². The van der Waals surface area contributed by atoms with Gasteiger partial charge < -0.3 is 14.7 Å². The van der Waals surface area contributed by atoms with Crippen LogP contribution in [0.4, 0.5) is 0 Å². The fraction of sp³-hybridized carbons (Fsp3) is 0.833. The average Bonchev–Trinajstić information content (AvgIpc) is 2.12. The summed E-state index contributed by atoms with van der Waals surface area (Å²) >= 11 is 0. The van der Waals surface area contributed by atoms with Gasteiger partial charge in [0.25, 0.3) is 0 Å². The summed E-state index contributed by atoms with van der Waals surface area (Å²) in [7, 11) is 0. The molecule has 1 heterocycles. The maximum Gasteiger partial charge on any atom is 0.318 e. The Morgan fingerprint density at radius 1 is 1.41 bits per heavy atom. The lowest BCUT2D eigenvalue weighted by Crippen LogP contribution is -2.57. The van der Waals surface area contributed by atoms with Gasteiger partial charge in [0.2, 0.25) is 5.91 Å². The first kappa shape index (κ1) is 14.0. The average molecular weight is 243 g/mol. The molecule has 0 aliphatic carbocycles. The third-order valence-electron chi connectivity index (χ3n) is 2.93. The van der Waals surface area contributed by atoms with Crippen molar-refractivity contribution in [2.24, 2.45) is 5.41 Å². The first-order chi connectivity index (χ1) is 7.56. The summed E-state index contributed by atoms with van der Waals surface area (Å²) in [5.41, 5.74) is -1.81. The van der Waals surface area contributed by atoms with Crippen LogP contribution in [0, 0.1) is 5.41 Å². The van der Waals surface area contributed by atoms with Crippen LogP contribution in [-0.4, -0.2) is 46.7 Å². The highest BCUT2D eigenvalue weighted by atomic mass is 16.5. The molecule has 1 unspecified atom stereocenters. The van der Waals surface area contributed by atoms with Crippen LogP contribution < -0.4 is 0 Å². The van der Waals surface area contributed by atoms with Gasteiger partial charge in [-0.25, -0.2) is 0 Å². The molecule has 1 amide bonds. The first-order valence-electron chi connectivity index (χ1n) is 5.77. The predicted molar refractivity (Wildman–Crippen MR) is 62.6 cm³/mol. The number of carboxylic acid groups (broad SMARTS) is 1. The summed E-state index contributed by atoms with van der Waals surface area (Å²) in [6.45, 7) is 9.42. The van der Waals surface area contributed by atoms with Crippen molar-refractivity contribution in [3.63, 3.8) is 0 Å². The fourth-order valence-corrected chi connectivity index (χ4v) is 2.10. The van der Waals surface area contributed by atoms with E-state index in [-0.39, 0.29) is 12.0 Å². The molecule has 0 spiro atoms. The molecular formula is C12H21NO4. The van der Waals surface area contributed by atoms with Crippen LogP contribution in [0.5, 0.6) is 0 Å². The molecule has 1 rings (SSSR count). The van der Waals surface area contributed by atoms with E-state index in [1.807, 2.05) is 20.8 Å². The van der Waals surface area contributed by atoms with E-state index in [2.05, 4.69) is 0 Å². The molecule has 98 valence electrons. The minimum Gasteiger partial charge on any atom is -0.480 e. The summed E-state index contributed by atoms with van der Waals surface area (Å²) in [4.78, 5) is 24.8. The quantitative estimate of drug-likeness (QED) is 0.738. The van der Waals surface area contributed by atoms with Crippen molar-refractivity contribution in [3.8, 4) is 0 Å². The fourth-order valence-electron chi connectivity index (χ4n) is 2.10. The van der Waals surface area contributed by atoms with Gasteiger partial charge >= 0.3 is 5.97 Å². The summed E-state index contributed by atoms with van der Waals surface area (Å²) in [6, 6.07) is 0. The molecule has 1 saturated heterocycles. The van der Waals surface area contributed by atoms with Crippen molar-refractivity contribution in [2.45, 2.75) is 46.3 Å². The number of morpholine rings is 1. The molecule has 1 atom stereocenters. The van der Waals surface area contributed by atoms with Gasteiger partial charge in [0.15, 0.2) is 0 Å². The van der Waals surface area contributed by atoms with Crippen LogP contribution in [0.2, 0.25) is 0 Å². The van der Waals surface area contributed by atoms with E-state index in [1.54, 1.807) is 4.90 Å². The second-order valence-corrected chi connectivity index (χ2v) is 5.80. The first-order valence-corrected chi connectivity index (χ1v) is 5.77. The normalized spacial score (nSPS) is 24.5. The molecular weight excluding hydrogens is 222 g/mol. The van der Waals surface area contributed by atoms with Gasteiger partial charge in [-0.05, 0) is 34.6 Å². The third kappa shape index (κ3) is 2.97. The molecule has 0 aromatic rings. The Bertz CT molecular complexity index is 335. The second kappa shape index (κ2) is 4.29. The van der Waals surface area contributed by atoms with E-state index < -0.39 is 17.0 Å². The number of carbonyl (C=O) groups excluding carboxylic acids is 1. The van der Waals surface area contributed by atoms with E-state index in [4.69, 9.17) is 9.84 Å². The zero-order chi connectivity index (χ0) is 13.4. The van der Waals surface area contributed by atoms with Crippen LogP contribution in [0.25, 0.3) is 0 Å². The number of carboxylic acids is 1. The van der Waals surface area contributed by atoms with Crippen LogP contribution in [-0.2, 0) is 14.3 Å². The Morgan fingerprint density at radius 2 is 1.94 bits per heavy atom. The number of rotatable bonds is 2. The number of carbonyl (C=O) groups is 2. The Hall–Kier alpha value is -1.10. The van der Waals surface area contributed by atoms with Crippen molar-refractivity contribution in [1.29, 1.82) is 0 Å². The SMILES string of the molecule is CC1CN(C(=O)C(C)(C)C(=O)O)CC(C)(C)O1. The molecule has 1 fully saturated rings. The van der Waals surface area contributed by atoms with Crippen molar-refractivity contribution < 1.29 is 19.4 Å². The molecule has 1 aliphatic rings. The molecule has 5 nitrogen and oxygen atoms in total. The molecule has 1 aliphatic heterocycles. The molecule has 17 heavy (non-hydrogen) atoms. The minimum absolute atomic E-state index is 0.0766. The number of ether oxygens (including phenoxy) is 1. The van der Waals surface area contributed by atoms with Gasteiger partial charge in [0.1, 0.15) is 5.41 Å². The summed E-state index contributed by atoms with van der Waals surface area (Å²) in [5, 5.41) is 9.06. The smallest absolute Gasteiger partial charge is 0.318 e. The van der Waals surface area contributed by atoms with E-state index in [0.29, 0.717) is 13.1 Å². The number of hydrogen-bond donors (Lipinski definition) is 1. The van der Waals surface area contributed by atoms with Crippen LogP contribution in [0.1, 0.15) is 34.6 Å². The highest BCUT2D eigenvalue weighted by Gasteiger charge is 2.43. The molecule has 0 aromatic carbocycles. The highest BCUT2D eigenvalue weighted by molar-refractivity contribution is 6.01. The standard InChI is InChI=1S/C12H21NO4/c1-8-6-13(7-11(2,3)17-8)9(14)12(4,5)10(15)16/h8H,6-7H2,1-5H3,(H,15,16). The van der Waals surface area contributed by atoms with E-state index in [1.165, 1.54) is 13.8 Å². The maximum atomic E-state index is 12.2. The van der Waals surface area contributed by atoms with Gasteiger partial charge in [0, 0.05) is 13.1 Å². The highest BCUT2D eigenvalue weighted by Crippen LogP contribution is 2.26. The molecule has 0 saturated carbocycles. The van der Waals surface area contributed by atoms with Crippen molar-refractivity contribution >= 4 is 11.9 Å². The Balaban J connectivity index is 2.86. The van der Waals surface area contributed by atoms with Gasteiger partial charge in [0.05, 0.1) is 11.7 Å². The zero-order valence-electron chi connectivity index (χ0n) is 11.1. The number of aliphatic carboxylic acids is 1. The summed E-state index contributed by atoms with van der Waals surface area (Å²) < 4.78 is 5.69. The summed E-state index contributed by atoms with van der Waals surface area (Å²) in [5.74, 6) is -1.45. The Morgan fingerprint density at radius 3 is 2.35 bits per heavy atom. The van der Waals surface area contributed by atoms with Gasteiger partial charge in [-0.1, -0.05) is 0 Å². The largest absolute Gasteiger partial charge is 0.480 e. The maximum absolute atomic E-state index is 12.2. The van der Waals surface area contributed by atoms with Crippen molar-refractivity contribution in [2.75, 3.05) is 13.1 Å². The molecule has 5 heteroatoms. The van der Waals surface area contributed by atoms with Crippen LogP contribution >= 0.6 is 0 Å². The van der Waals surface area contributed by atoms with E-state index in [9.17, 15) is 9.59 Å². The molecule has 1 N–H and O–H groups in total. The molecule has 0 aromatic heterocycles. The lowest BCUT2D eigenvalue weighted by Gasteiger charge is -2.43. The Kier molecular flexibility index (Phi) is 3.52. The van der Waals surface area contributed by atoms with Crippen molar-refractivity contribution in [3.05, 3.63) is 0 Å². The summed E-state index contributed by atoms with van der Waals surface area (Å²) in [6.07, 6.45) is -0.0766.